The molecular weight excluding hydrogens is 260 g/mol. The number of unbranched alkanes of at least 4 members (excludes halogenated alkanes) is 1. The molecule has 104 valence electrons. The molecule has 6 heteroatoms. The van der Waals surface area contributed by atoms with Gasteiger partial charge in [-0.2, -0.15) is 0 Å². The largest absolute Gasteiger partial charge is 0.481 e. The van der Waals surface area contributed by atoms with E-state index in [4.69, 9.17) is 23.4 Å². The van der Waals surface area contributed by atoms with Crippen molar-refractivity contribution < 1.29 is 19.8 Å². The molecule has 1 aromatic rings. The Morgan fingerprint density at radius 2 is 1.65 bits per heavy atom. The van der Waals surface area contributed by atoms with Gasteiger partial charge in [0.25, 0.3) is 0 Å². The Balaban J connectivity index is 0.000000370. The molecule has 1 rings (SSSR count). The minimum atomic E-state index is -0.971. The number of aromatic carboxylic acids is 1. The second-order valence-electron chi connectivity index (χ2n) is 3.70. The first-order valence-corrected chi connectivity index (χ1v) is 5.77. The molecule has 0 aliphatic rings. The Morgan fingerprint density at radius 3 is 2.05 bits per heavy atom. The number of carbonyl (C=O) groups is 2. The molecule has 6 nitrogen and oxygen atoms in total. The van der Waals surface area contributed by atoms with Crippen LogP contribution in [0.15, 0.2) is 24.3 Å². The summed E-state index contributed by atoms with van der Waals surface area (Å²) >= 11 is 0. The molecule has 0 saturated heterocycles. The molecule has 0 saturated carbocycles. The van der Waals surface area contributed by atoms with Crippen LogP contribution < -0.4 is 0 Å². The van der Waals surface area contributed by atoms with Gasteiger partial charge in [-0.25, -0.2) is 16.2 Å². The van der Waals surface area contributed by atoms with Gasteiger partial charge in [0.1, 0.15) is 0 Å². The average Bonchev–Trinajstić information content (AvgIpc) is 2.44. The third-order valence-corrected chi connectivity index (χ3v) is 2.15. The van der Waals surface area contributed by atoms with E-state index >= 15 is 0 Å². The number of carboxylic acids is 2. The van der Waals surface area contributed by atoms with Crippen molar-refractivity contribution in [3.05, 3.63) is 52.7 Å². The summed E-state index contributed by atoms with van der Waals surface area (Å²) in [5.41, 5.74) is 0.660. The van der Waals surface area contributed by atoms with Crippen LogP contribution in [0.1, 0.15) is 29.6 Å². The van der Waals surface area contributed by atoms with E-state index in [2.05, 4.69) is 9.69 Å². The van der Waals surface area contributed by atoms with E-state index in [1.165, 1.54) is 24.3 Å². The van der Waals surface area contributed by atoms with Gasteiger partial charge in [-0.05, 0) is 6.42 Å². The van der Waals surface area contributed by atoms with E-state index in [9.17, 15) is 9.59 Å². The molecule has 0 heterocycles. The molecule has 0 amide bonds. The Labute approximate surface area is 116 Å². The number of rotatable bonds is 5. The molecule has 0 fully saturated rings. The zero-order chi connectivity index (χ0) is 15.4. The highest BCUT2D eigenvalue weighted by molar-refractivity contribution is 5.88. The van der Waals surface area contributed by atoms with Crippen LogP contribution >= 0.6 is 0 Å². The highest BCUT2D eigenvalue weighted by atomic mass is 16.4. The first-order chi connectivity index (χ1) is 9.51. The van der Waals surface area contributed by atoms with Crippen molar-refractivity contribution in [2.45, 2.75) is 19.3 Å². The van der Waals surface area contributed by atoms with E-state index in [1.54, 1.807) is 0 Å². The van der Waals surface area contributed by atoms with Crippen molar-refractivity contribution in [2.75, 3.05) is 6.54 Å². The van der Waals surface area contributed by atoms with Gasteiger partial charge in [0.2, 0.25) is 6.54 Å². The molecule has 0 atom stereocenters. The van der Waals surface area contributed by atoms with E-state index in [0.717, 1.165) is 0 Å². The molecule has 0 spiro atoms. The van der Waals surface area contributed by atoms with Gasteiger partial charge in [-0.1, -0.05) is 24.3 Å². The maximum atomic E-state index is 10.3. The van der Waals surface area contributed by atoms with Crippen molar-refractivity contribution in [3.8, 4) is 0 Å². The number of carboxylic acid groups (broad SMARTS) is 2. The molecular formula is C14H14N2O4. The molecule has 1 aromatic carbocycles. The normalized spacial score (nSPS) is 8.50. The second kappa shape index (κ2) is 10.1. The molecule has 0 unspecified atom stereocenters. The number of benzene rings is 1. The summed E-state index contributed by atoms with van der Waals surface area (Å²) in [6.07, 6.45) is 1.52. The monoisotopic (exact) mass is 274 g/mol. The van der Waals surface area contributed by atoms with Crippen LogP contribution in [0.25, 0.3) is 9.69 Å². The lowest BCUT2D eigenvalue weighted by molar-refractivity contribution is -0.137. The predicted molar refractivity (Wildman–Crippen MR) is 72.6 cm³/mol. The molecule has 0 radical (unpaired) electrons. The van der Waals surface area contributed by atoms with Crippen LogP contribution in [-0.4, -0.2) is 28.7 Å². The van der Waals surface area contributed by atoms with Crippen LogP contribution in [0.5, 0.6) is 0 Å². The molecule has 0 aliphatic heterocycles. The maximum Gasteiger partial charge on any atom is 0.335 e. The van der Waals surface area contributed by atoms with Gasteiger partial charge < -0.3 is 15.1 Å². The quantitative estimate of drug-likeness (QED) is 0.638. The van der Waals surface area contributed by atoms with Crippen LogP contribution in [0.3, 0.4) is 0 Å². The number of hydrogen-bond acceptors (Lipinski definition) is 2. The summed E-state index contributed by atoms with van der Waals surface area (Å²) in [6.45, 7) is 13.4. The van der Waals surface area contributed by atoms with E-state index in [1.807, 2.05) is 0 Å². The predicted octanol–water partition coefficient (Wildman–Crippen LogP) is 3.10. The zero-order valence-corrected chi connectivity index (χ0v) is 10.7. The van der Waals surface area contributed by atoms with E-state index in [-0.39, 0.29) is 12.0 Å². The molecule has 2 N–H and O–H groups in total. The van der Waals surface area contributed by atoms with Gasteiger partial charge in [-0.3, -0.25) is 4.79 Å². The Hall–Kier alpha value is -2.86. The Bertz CT molecular complexity index is 524. The summed E-state index contributed by atoms with van der Waals surface area (Å²) in [4.78, 5) is 26.4. The lowest BCUT2D eigenvalue weighted by atomic mass is 10.2. The number of nitrogens with zero attached hydrogens (tertiary/aromatic N) is 2. The van der Waals surface area contributed by atoms with Crippen LogP contribution in [0.2, 0.25) is 0 Å². The van der Waals surface area contributed by atoms with Gasteiger partial charge in [0.15, 0.2) is 5.69 Å². The zero-order valence-electron chi connectivity index (χ0n) is 10.7. The Kier molecular flexibility index (Phi) is 8.65. The number of hydrogen-bond donors (Lipinski definition) is 2. The highest BCUT2D eigenvalue weighted by Gasteiger charge is 1.99. The van der Waals surface area contributed by atoms with E-state index in [0.29, 0.717) is 25.1 Å². The fraction of sp³-hybridized carbons (Fsp3) is 0.286. The maximum absolute atomic E-state index is 10.3. The number of aliphatic carboxylic acids is 1. The first kappa shape index (κ1) is 17.1. The summed E-state index contributed by atoms with van der Waals surface area (Å²) < 4.78 is 0. The summed E-state index contributed by atoms with van der Waals surface area (Å²) in [5.74, 6) is -1.75. The second-order valence-corrected chi connectivity index (χ2v) is 3.70. The van der Waals surface area contributed by atoms with Gasteiger partial charge in [-0.15, -0.1) is 0 Å². The summed E-state index contributed by atoms with van der Waals surface area (Å²) in [7, 11) is 0. The fourth-order valence-corrected chi connectivity index (χ4v) is 1.15. The Morgan fingerprint density at radius 1 is 1.05 bits per heavy atom. The van der Waals surface area contributed by atoms with Crippen molar-refractivity contribution in [1.82, 2.24) is 0 Å². The lowest BCUT2D eigenvalue weighted by Crippen LogP contribution is -1.93. The van der Waals surface area contributed by atoms with Crippen LogP contribution in [-0.2, 0) is 4.79 Å². The average molecular weight is 274 g/mol. The van der Waals surface area contributed by atoms with Crippen molar-refractivity contribution in [1.29, 1.82) is 0 Å². The molecule has 0 aliphatic carbocycles. The third kappa shape index (κ3) is 8.26. The van der Waals surface area contributed by atoms with Crippen molar-refractivity contribution >= 4 is 17.6 Å². The van der Waals surface area contributed by atoms with Gasteiger partial charge in [0.05, 0.1) is 12.1 Å². The topological polar surface area (TPSA) is 83.3 Å². The summed E-state index contributed by atoms with van der Waals surface area (Å²) in [6, 6.07) is 5.79. The van der Waals surface area contributed by atoms with Gasteiger partial charge in [0, 0.05) is 12.8 Å². The molecule has 0 aromatic heterocycles. The minimum absolute atomic E-state index is 0.190. The first-order valence-electron chi connectivity index (χ1n) is 5.77. The standard InChI is InChI=1S/C8H5NO2.C6H9NO2/c1-9-7-4-2-6(3-5-7)8(10)11;1-7-5-3-2-4-6(8)9/h2-5H,(H,10,11);2-5H2,(H,8,9). The molecule has 0 bridgehead atoms. The smallest absolute Gasteiger partial charge is 0.335 e. The van der Waals surface area contributed by atoms with Crippen molar-refractivity contribution in [3.63, 3.8) is 0 Å². The highest BCUT2D eigenvalue weighted by Crippen LogP contribution is 2.11. The van der Waals surface area contributed by atoms with Crippen molar-refractivity contribution in [2.24, 2.45) is 0 Å². The summed E-state index contributed by atoms with van der Waals surface area (Å²) in [5, 5.41) is 16.6. The van der Waals surface area contributed by atoms with Crippen LogP contribution in [0.4, 0.5) is 5.69 Å². The SMILES string of the molecule is [C-]#[N+]CCCCC(=O)O.[C-]#[N+]c1ccc(C(=O)O)cc1. The van der Waals surface area contributed by atoms with E-state index < -0.39 is 11.9 Å². The molecule has 20 heavy (non-hydrogen) atoms. The van der Waals surface area contributed by atoms with Gasteiger partial charge >= 0.3 is 11.9 Å². The van der Waals surface area contributed by atoms with Crippen LogP contribution in [0, 0.1) is 13.1 Å². The minimum Gasteiger partial charge on any atom is -0.481 e. The lowest BCUT2D eigenvalue weighted by Gasteiger charge is -1.91. The fourth-order valence-electron chi connectivity index (χ4n) is 1.15. The third-order valence-electron chi connectivity index (χ3n) is 2.15.